The van der Waals surface area contributed by atoms with Crippen LogP contribution in [0.2, 0.25) is 5.02 Å². The van der Waals surface area contributed by atoms with E-state index in [1.54, 1.807) is 0 Å². The number of aliphatic hydroxyl groups is 1. The fourth-order valence-electron chi connectivity index (χ4n) is 1.73. The molecular weight excluding hydrogens is 186 g/mol. The number of halogens is 1. The Morgan fingerprint density at radius 2 is 2.15 bits per heavy atom. The van der Waals surface area contributed by atoms with E-state index in [9.17, 15) is 5.11 Å². The van der Waals surface area contributed by atoms with Gasteiger partial charge in [-0.2, -0.15) is 0 Å². The Balaban J connectivity index is 2.29. The summed E-state index contributed by atoms with van der Waals surface area (Å²) in [5, 5.41) is 13.6. The monoisotopic (exact) mass is 197 g/mol. The lowest BCUT2D eigenvalue weighted by molar-refractivity contribution is 0.160. The molecule has 1 aromatic rings. The molecule has 2 nitrogen and oxygen atoms in total. The zero-order valence-electron chi connectivity index (χ0n) is 7.20. The van der Waals surface area contributed by atoms with E-state index in [1.165, 1.54) is 0 Å². The van der Waals surface area contributed by atoms with Crippen molar-refractivity contribution in [1.82, 2.24) is 5.32 Å². The van der Waals surface area contributed by atoms with Gasteiger partial charge in [-0.1, -0.05) is 29.8 Å². The number of benzene rings is 1. The largest absolute Gasteiger partial charge is 0.391 e. The van der Waals surface area contributed by atoms with Gasteiger partial charge in [-0.15, -0.1) is 0 Å². The van der Waals surface area contributed by atoms with E-state index in [4.69, 9.17) is 11.6 Å². The van der Waals surface area contributed by atoms with Gasteiger partial charge in [-0.25, -0.2) is 0 Å². The molecule has 0 bridgehead atoms. The Hall–Kier alpha value is -0.570. The first-order valence-corrected chi connectivity index (χ1v) is 4.82. The third-order valence-corrected chi connectivity index (χ3v) is 2.77. The maximum Gasteiger partial charge on any atom is 0.0747 e. The van der Waals surface area contributed by atoms with Gasteiger partial charge in [0.2, 0.25) is 0 Å². The second kappa shape index (κ2) is 3.66. The number of rotatable bonds is 1. The fraction of sp³-hybridized carbons (Fsp3) is 0.400. The van der Waals surface area contributed by atoms with Gasteiger partial charge in [0, 0.05) is 5.02 Å². The molecule has 1 heterocycles. The molecule has 0 spiro atoms. The summed E-state index contributed by atoms with van der Waals surface area (Å²) in [5.74, 6) is 0. The average Bonchev–Trinajstić information content (AvgIpc) is 2.52. The van der Waals surface area contributed by atoms with Crippen LogP contribution in [0.15, 0.2) is 24.3 Å². The summed E-state index contributed by atoms with van der Waals surface area (Å²) < 4.78 is 0. The normalized spacial score (nSPS) is 27.8. The number of hydrogen-bond acceptors (Lipinski definition) is 2. The van der Waals surface area contributed by atoms with Crippen LogP contribution >= 0.6 is 11.6 Å². The second-order valence-corrected chi connectivity index (χ2v) is 3.72. The maximum atomic E-state index is 9.65. The van der Waals surface area contributed by atoms with E-state index in [0.29, 0.717) is 0 Å². The molecule has 2 unspecified atom stereocenters. The SMILES string of the molecule is OC1CCNC1c1ccccc1Cl. The van der Waals surface area contributed by atoms with Crippen LogP contribution in [-0.2, 0) is 0 Å². The van der Waals surface area contributed by atoms with Gasteiger partial charge in [0.15, 0.2) is 0 Å². The van der Waals surface area contributed by atoms with Gasteiger partial charge >= 0.3 is 0 Å². The molecule has 1 aliphatic heterocycles. The molecule has 1 aliphatic rings. The predicted molar refractivity (Wildman–Crippen MR) is 52.8 cm³/mol. The summed E-state index contributed by atoms with van der Waals surface area (Å²) in [7, 11) is 0. The van der Waals surface area contributed by atoms with Crippen molar-refractivity contribution in [3.05, 3.63) is 34.9 Å². The van der Waals surface area contributed by atoms with Crippen molar-refractivity contribution in [1.29, 1.82) is 0 Å². The Kier molecular flexibility index (Phi) is 2.54. The molecule has 70 valence electrons. The molecule has 13 heavy (non-hydrogen) atoms. The van der Waals surface area contributed by atoms with Gasteiger partial charge < -0.3 is 10.4 Å². The highest BCUT2D eigenvalue weighted by Gasteiger charge is 2.27. The molecule has 3 heteroatoms. The molecule has 2 atom stereocenters. The average molecular weight is 198 g/mol. The molecule has 0 radical (unpaired) electrons. The molecular formula is C10H12ClNO. The van der Waals surface area contributed by atoms with Crippen LogP contribution < -0.4 is 5.32 Å². The van der Waals surface area contributed by atoms with Crippen molar-refractivity contribution in [2.24, 2.45) is 0 Å². The van der Waals surface area contributed by atoms with E-state index in [-0.39, 0.29) is 12.1 Å². The van der Waals surface area contributed by atoms with Gasteiger partial charge in [0.05, 0.1) is 12.1 Å². The van der Waals surface area contributed by atoms with Crippen LogP contribution in [0.5, 0.6) is 0 Å². The van der Waals surface area contributed by atoms with Crippen molar-refractivity contribution < 1.29 is 5.11 Å². The van der Waals surface area contributed by atoms with Crippen molar-refractivity contribution in [3.63, 3.8) is 0 Å². The minimum absolute atomic E-state index is 0.00806. The standard InChI is InChI=1S/C10H12ClNO/c11-8-4-2-1-3-7(8)10-9(13)5-6-12-10/h1-4,9-10,12-13H,5-6H2. The molecule has 1 aromatic carbocycles. The van der Waals surface area contributed by atoms with E-state index in [1.807, 2.05) is 24.3 Å². The molecule has 0 amide bonds. The quantitative estimate of drug-likeness (QED) is 0.719. The molecule has 1 fully saturated rings. The predicted octanol–water partition coefficient (Wildman–Crippen LogP) is 1.74. The maximum absolute atomic E-state index is 9.65. The first-order chi connectivity index (χ1) is 6.29. The Morgan fingerprint density at radius 1 is 1.38 bits per heavy atom. The third-order valence-electron chi connectivity index (χ3n) is 2.43. The Labute approximate surface area is 82.5 Å². The first kappa shape index (κ1) is 9.00. The smallest absolute Gasteiger partial charge is 0.0747 e. The second-order valence-electron chi connectivity index (χ2n) is 3.31. The van der Waals surface area contributed by atoms with Gasteiger partial charge in [0.1, 0.15) is 0 Å². The number of hydrogen-bond donors (Lipinski definition) is 2. The highest BCUT2D eigenvalue weighted by atomic mass is 35.5. The van der Waals surface area contributed by atoms with Crippen LogP contribution in [0.3, 0.4) is 0 Å². The summed E-state index contributed by atoms with van der Waals surface area (Å²) in [6.07, 6.45) is 0.496. The summed E-state index contributed by atoms with van der Waals surface area (Å²) in [4.78, 5) is 0. The van der Waals surface area contributed by atoms with Gasteiger partial charge in [-0.05, 0) is 24.6 Å². The van der Waals surface area contributed by atoms with E-state index >= 15 is 0 Å². The van der Waals surface area contributed by atoms with Crippen LogP contribution in [0.4, 0.5) is 0 Å². The zero-order valence-corrected chi connectivity index (χ0v) is 7.96. The van der Waals surface area contributed by atoms with Crippen LogP contribution in [0.1, 0.15) is 18.0 Å². The van der Waals surface area contributed by atoms with Crippen LogP contribution in [0.25, 0.3) is 0 Å². The van der Waals surface area contributed by atoms with Crippen LogP contribution in [0, 0.1) is 0 Å². The number of aliphatic hydroxyl groups excluding tert-OH is 1. The summed E-state index contributed by atoms with van der Waals surface area (Å²) >= 11 is 6.02. The van der Waals surface area contributed by atoms with Crippen molar-refractivity contribution in [2.45, 2.75) is 18.6 Å². The first-order valence-electron chi connectivity index (χ1n) is 4.45. The van der Waals surface area contributed by atoms with Crippen molar-refractivity contribution >= 4 is 11.6 Å². The number of nitrogens with one attached hydrogen (secondary N) is 1. The summed E-state index contributed by atoms with van der Waals surface area (Å²) in [6.45, 7) is 0.858. The summed E-state index contributed by atoms with van der Waals surface area (Å²) in [5.41, 5.74) is 0.995. The molecule has 0 saturated carbocycles. The van der Waals surface area contributed by atoms with Crippen molar-refractivity contribution in [3.8, 4) is 0 Å². The Bertz CT molecular complexity index is 303. The van der Waals surface area contributed by atoms with E-state index in [2.05, 4.69) is 5.32 Å². The highest BCUT2D eigenvalue weighted by Crippen LogP contribution is 2.28. The van der Waals surface area contributed by atoms with Crippen molar-refractivity contribution in [2.75, 3.05) is 6.54 Å². The van der Waals surface area contributed by atoms with E-state index in [0.717, 1.165) is 23.6 Å². The molecule has 0 aliphatic carbocycles. The summed E-state index contributed by atoms with van der Waals surface area (Å²) in [6, 6.07) is 7.65. The van der Waals surface area contributed by atoms with Gasteiger partial charge in [-0.3, -0.25) is 0 Å². The lowest BCUT2D eigenvalue weighted by Gasteiger charge is -2.16. The highest BCUT2D eigenvalue weighted by molar-refractivity contribution is 6.31. The molecule has 1 saturated heterocycles. The molecule has 2 rings (SSSR count). The van der Waals surface area contributed by atoms with Crippen LogP contribution in [-0.4, -0.2) is 17.8 Å². The lowest BCUT2D eigenvalue weighted by Crippen LogP contribution is -2.21. The third kappa shape index (κ3) is 1.70. The lowest BCUT2D eigenvalue weighted by atomic mass is 10.0. The topological polar surface area (TPSA) is 32.3 Å². The molecule has 0 aromatic heterocycles. The Morgan fingerprint density at radius 3 is 2.77 bits per heavy atom. The zero-order chi connectivity index (χ0) is 9.26. The van der Waals surface area contributed by atoms with E-state index < -0.39 is 0 Å². The minimum Gasteiger partial charge on any atom is -0.391 e. The fourth-order valence-corrected chi connectivity index (χ4v) is 1.99. The minimum atomic E-state index is -0.306. The van der Waals surface area contributed by atoms with Gasteiger partial charge in [0.25, 0.3) is 0 Å². The molecule has 2 N–H and O–H groups in total.